The molecule has 0 aromatic carbocycles. The Hall–Kier alpha value is -1.09. The average Bonchev–Trinajstić information content (AvgIpc) is 2.67. The molecule has 1 aliphatic rings. The summed E-state index contributed by atoms with van der Waals surface area (Å²) >= 11 is 5.65. The fraction of sp³-hybridized carbons (Fsp3) is 0.333. The van der Waals surface area contributed by atoms with E-state index in [9.17, 15) is 0 Å². The Labute approximate surface area is 81.4 Å². The quantitative estimate of drug-likeness (QED) is 0.677. The molecule has 0 N–H and O–H groups in total. The molecule has 0 saturated heterocycles. The summed E-state index contributed by atoms with van der Waals surface area (Å²) in [7, 11) is 0. The van der Waals surface area contributed by atoms with Crippen molar-refractivity contribution in [2.75, 3.05) is 5.88 Å². The second-order valence-corrected chi connectivity index (χ2v) is 3.17. The van der Waals surface area contributed by atoms with E-state index in [2.05, 4.69) is 10.1 Å². The molecule has 1 aromatic rings. The van der Waals surface area contributed by atoms with Crippen LogP contribution in [0.5, 0.6) is 0 Å². The lowest BCUT2D eigenvalue weighted by atomic mass is 10.1. The highest BCUT2D eigenvalue weighted by molar-refractivity contribution is 6.18. The predicted molar refractivity (Wildman–Crippen MR) is 51.0 cm³/mol. The molecule has 1 aromatic heterocycles. The molecule has 2 heterocycles. The smallest absolute Gasteiger partial charge is 0.146 e. The number of halogens is 1. The van der Waals surface area contributed by atoms with Crippen LogP contribution in [0.4, 0.5) is 0 Å². The van der Waals surface area contributed by atoms with Crippen molar-refractivity contribution in [2.45, 2.75) is 12.5 Å². The van der Waals surface area contributed by atoms with E-state index in [4.69, 9.17) is 16.4 Å². The summed E-state index contributed by atoms with van der Waals surface area (Å²) in [4.78, 5) is 9.04. The molecule has 1 aliphatic heterocycles. The molecule has 68 valence electrons. The molecule has 3 nitrogen and oxygen atoms in total. The van der Waals surface area contributed by atoms with Gasteiger partial charge in [0.15, 0.2) is 0 Å². The highest BCUT2D eigenvalue weighted by Gasteiger charge is 2.20. The van der Waals surface area contributed by atoms with E-state index in [-0.39, 0.29) is 6.10 Å². The monoisotopic (exact) mass is 196 g/mol. The van der Waals surface area contributed by atoms with E-state index in [1.807, 2.05) is 12.1 Å². The summed E-state index contributed by atoms with van der Waals surface area (Å²) in [6.07, 6.45) is 4.30. The third-order valence-electron chi connectivity index (χ3n) is 1.92. The van der Waals surface area contributed by atoms with Gasteiger partial charge in [0.05, 0.1) is 11.6 Å². The normalized spacial score (nSPS) is 21.0. The van der Waals surface area contributed by atoms with Crippen LogP contribution in [0.25, 0.3) is 0 Å². The molecule has 0 bridgehead atoms. The molecule has 0 radical (unpaired) electrons. The predicted octanol–water partition coefficient (Wildman–Crippen LogP) is 1.81. The zero-order chi connectivity index (χ0) is 9.10. The van der Waals surface area contributed by atoms with Gasteiger partial charge in [-0.25, -0.2) is 0 Å². The number of aromatic nitrogens is 1. The van der Waals surface area contributed by atoms with E-state index >= 15 is 0 Å². The van der Waals surface area contributed by atoms with Crippen LogP contribution in [-0.2, 0) is 4.84 Å². The van der Waals surface area contributed by atoms with Crippen molar-refractivity contribution in [2.24, 2.45) is 5.16 Å². The summed E-state index contributed by atoms with van der Waals surface area (Å²) in [5, 5.41) is 3.96. The van der Waals surface area contributed by atoms with E-state index in [0.717, 1.165) is 17.7 Å². The van der Waals surface area contributed by atoms with E-state index in [1.54, 1.807) is 12.4 Å². The van der Waals surface area contributed by atoms with Crippen molar-refractivity contribution in [3.8, 4) is 0 Å². The summed E-state index contributed by atoms with van der Waals surface area (Å²) in [6, 6.07) is 3.83. The van der Waals surface area contributed by atoms with Crippen molar-refractivity contribution < 1.29 is 4.84 Å². The van der Waals surface area contributed by atoms with Crippen LogP contribution in [0, 0.1) is 0 Å². The first-order chi connectivity index (χ1) is 6.40. The molecule has 0 amide bonds. The maximum Gasteiger partial charge on any atom is 0.146 e. The number of alkyl halides is 1. The Morgan fingerprint density at radius 1 is 1.46 bits per heavy atom. The molecule has 0 saturated carbocycles. The Kier molecular flexibility index (Phi) is 2.45. The molecule has 0 spiro atoms. The van der Waals surface area contributed by atoms with Gasteiger partial charge >= 0.3 is 0 Å². The van der Waals surface area contributed by atoms with Crippen LogP contribution in [0.1, 0.15) is 12.0 Å². The van der Waals surface area contributed by atoms with Gasteiger partial charge in [-0.3, -0.25) is 4.98 Å². The maximum absolute atomic E-state index is 5.65. The lowest BCUT2D eigenvalue weighted by Gasteiger charge is -2.00. The highest BCUT2D eigenvalue weighted by atomic mass is 35.5. The average molecular weight is 197 g/mol. The van der Waals surface area contributed by atoms with Crippen LogP contribution in [0.3, 0.4) is 0 Å². The molecular weight excluding hydrogens is 188 g/mol. The Balaban J connectivity index is 2.12. The molecule has 4 heteroatoms. The van der Waals surface area contributed by atoms with Gasteiger partial charge in [-0.15, -0.1) is 11.6 Å². The third-order valence-corrected chi connectivity index (χ3v) is 2.26. The third kappa shape index (κ3) is 1.80. The van der Waals surface area contributed by atoms with Crippen LogP contribution >= 0.6 is 11.6 Å². The molecule has 0 aliphatic carbocycles. The minimum Gasteiger partial charge on any atom is -0.391 e. The molecule has 2 rings (SSSR count). The van der Waals surface area contributed by atoms with Crippen LogP contribution < -0.4 is 0 Å². The first-order valence-electron chi connectivity index (χ1n) is 4.09. The van der Waals surface area contributed by atoms with Crippen molar-refractivity contribution in [1.29, 1.82) is 0 Å². The van der Waals surface area contributed by atoms with Crippen LogP contribution in [-0.4, -0.2) is 22.7 Å². The minimum atomic E-state index is 0.0323. The minimum absolute atomic E-state index is 0.0323. The van der Waals surface area contributed by atoms with E-state index in [1.165, 1.54) is 0 Å². The first-order valence-corrected chi connectivity index (χ1v) is 4.62. The maximum atomic E-state index is 5.65. The second kappa shape index (κ2) is 3.75. The van der Waals surface area contributed by atoms with Crippen molar-refractivity contribution >= 4 is 17.3 Å². The Morgan fingerprint density at radius 2 is 2.23 bits per heavy atom. The number of hydrogen-bond acceptors (Lipinski definition) is 3. The number of rotatable bonds is 2. The fourth-order valence-electron chi connectivity index (χ4n) is 1.23. The number of nitrogens with zero attached hydrogens (tertiary/aromatic N) is 2. The van der Waals surface area contributed by atoms with E-state index in [0.29, 0.717) is 5.88 Å². The summed E-state index contributed by atoms with van der Waals surface area (Å²) in [5.74, 6) is 0.484. The standard InChI is InChI=1S/C9H9ClN2O/c10-6-8-5-9(12-13-8)7-1-3-11-4-2-7/h1-4,8H,5-6H2/t8-/m1/s1. The SMILES string of the molecule is ClC[C@H]1CC(c2ccncc2)=NO1. The summed E-state index contributed by atoms with van der Waals surface area (Å²) in [5.41, 5.74) is 2.01. The van der Waals surface area contributed by atoms with Crippen molar-refractivity contribution in [3.05, 3.63) is 30.1 Å². The summed E-state index contributed by atoms with van der Waals surface area (Å²) in [6.45, 7) is 0. The van der Waals surface area contributed by atoms with E-state index < -0.39 is 0 Å². The number of oxime groups is 1. The number of hydrogen-bond donors (Lipinski definition) is 0. The van der Waals surface area contributed by atoms with Gasteiger partial charge in [-0.2, -0.15) is 0 Å². The van der Waals surface area contributed by atoms with Gasteiger partial charge < -0.3 is 4.84 Å². The molecule has 0 unspecified atom stereocenters. The Morgan fingerprint density at radius 3 is 2.85 bits per heavy atom. The first kappa shape index (κ1) is 8.51. The number of pyridine rings is 1. The molecule has 1 atom stereocenters. The molecular formula is C9H9ClN2O. The zero-order valence-electron chi connectivity index (χ0n) is 6.98. The van der Waals surface area contributed by atoms with Crippen molar-refractivity contribution in [1.82, 2.24) is 4.98 Å². The Bertz CT molecular complexity index is 313. The van der Waals surface area contributed by atoms with Gasteiger partial charge in [0.1, 0.15) is 6.10 Å². The lowest BCUT2D eigenvalue weighted by Crippen LogP contribution is -2.09. The highest BCUT2D eigenvalue weighted by Crippen LogP contribution is 2.16. The van der Waals surface area contributed by atoms with Crippen LogP contribution in [0.15, 0.2) is 29.7 Å². The summed E-state index contributed by atoms with van der Waals surface area (Å²) < 4.78 is 0. The largest absolute Gasteiger partial charge is 0.391 e. The lowest BCUT2D eigenvalue weighted by molar-refractivity contribution is 0.102. The van der Waals surface area contributed by atoms with Gasteiger partial charge in [-0.1, -0.05) is 5.16 Å². The molecule has 13 heavy (non-hydrogen) atoms. The van der Waals surface area contributed by atoms with Gasteiger partial charge in [0.2, 0.25) is 0 Å². The zero-order valence-corrected chi connectivity index (χ0v) is 7.74. The topological polar surface area (TPSA) is 34.5 Å². The van der Waals surface area contributed by atoms with Crippen LogP contribution in [0.2, 0.25) is 0 Å². The van der Waals surface area contributed by atoms with Gasteiger partial charge in [-0.05, 0) is 12.1 Å². The van der Waals surface area contributed by atoms with Crippen molar-refractivity contribution in [3.63, 3.8) is 0 Å². The second-order valence-electron chi connectivity index (χ2n) is 2.86. The molecule has 0 fully saturated rings. The van der Waals surface area contributed by atoms with Gasteiger partial charge in [0.25, 0.3) is 0 Å². The fourth-order valence-corrected chi connectivity index (χ4v) is 1.39. The van der Waals surface area contributed by atoms with Gasteiger partial charge in [0, 0.05) is 24.4 Å².